The summed E-state index contributed by atoms with van der Waals surface area (Å²) in [7, 11) is 0. The van der Waals surface area contributed by atoms with Crippen LogP contribution >= 0.6 is 0 Å². The zero-order chi connectivity index (χ0) is 11.5. The Morgan fingerprint density at radius 2 is 2.18 bits per heavy atom. The first kappa shape index (κ1) is 11.0. The van der Waals surface area contributed by atoms with Gasteiger partial charge in [-0.3, -0.25) is 0 Å². The lowest BCUT2D eigenvalue weighted by atomic mass is 10.0. The Labute approximate surface area is 103 Å². The molecule has 3 nitrogen and oxygen atoms in total. The molecule has 1 N–H and O–H groups in total. The minimum atomic E-state index is 0.638. The number of hydrogen-bond acceptors (Lipinski definition) is 3. The summed E-state index contributed by atoms with van der Waals surface area (Å²) in [5.74, 6) is 1.15. The molecule has 2 aliphatic rings. The molecule has 1 aliphatic carbocycles. The van der Waals surface area contributed by atoms with Gasteiger partial charge >= 0.3 is 0 Å². The van der Waals surface area contributed by atoms with Gasteiger partial charge in [-0.1, -0.05) is 6.07 Å². The van der Waals surface area contributed by atoms with E-state index in [1.165, 1.54) is 32.1 Å². The molecule has 92 valence electrons. The van der Waals surface area contributed by atoms with Crippen molar-refractivity contribution in [3.05, 3.63) is 24.4 Å². The lowest BCUT2D eigenvalue weighted by Crippen LogP contribution is -2.46. The molecular weight excluding hydrogens is 210 g/mol. The maximum atomic E-state index is 4.49. The smallest absolute Gasteiger partial charge is 0.128 e. The second kappa shape index (κ2) is 5.05. The number of pyridine rings is 1. The van der Waals surface area contributed by atoms with Crippen molar-refractivity contribution in [3.63, 3.8) is 0 Å². The summed E-state index contributed by atoms with van der Waals surface area (Å²) in [6, 6.07) is 7.66. The maximum absolute atomic E-state index is 4.49. The molecular formula is C14H21N3. The number of anilines is 1. The quantitative estimate of drug-likeness (QED) is 0.861. The van der Waals surface area contributed by atoms with Gasteiger partial charge in [0.1, 0.15) is 5.82 Å². The number of hydrogen-bond donors (Lipinski definition) is 1. The monoisotopic (exact) mass is 231 g/mol. The van der Waals surface area contributed by atoms with E-state index < -0.39 is 0 Å². The summed E-state index contributed by atoms with van der Waals surface area (Å²) in [5, 5.41) is 3.66. The summed E-state index contributed by atoms with van der Waals surface area (Å²) in [4.78, 5) is 6.98. The van der Waals surface area contributed by atoms with Crippen LogP contribution in [0.5, 0.6) is 0 Å². The van der Waals surface area contributed by atoms with E-state index in [1.54, 1.807) is 0 Å². The van der Waals surface area contributed by atoms with Gasteiger partial charge in [0.2, 0.25) is 0 Å². The predicted octanol–water partition coefficient (Wildman–Crippen LogP) is 2.19. The minimum absolute atomic E-state index is 0.638. The first-order valence-electron chi connectivity index (χ1n) is 6.84. The van der Waals surface area contributed by atoms with Crippen LogP contribution in [0, 0.1) is 0 Å². The highest BCUT2D eigenvalue weighted by molar-refractivity contribution is 5.39. The molecule has 1 unspecified atom stereocenters. The standard InChI is InChI=1S/C14H21N3/c1-3-9-15-14(6-1)17-10-4-2-5-13(17)11-16-12-7-8-12/h1,3,6,9,12-13,16H,2,4-5,7-8,10-11H2. The third-order valence-electron chi connectivity index (χ3n) is 3.79. The average molecular weight is 231 g/mol. The Morgan fingerprint density at radius 3 is 2.94 bits per heavy atom. The van der Waals surface area contributed by atoms with Crippen molar-refractivity contribution >= 4 is 5.82 Å². The van der Waals surface area contributed by atoms with Gasteiger partial charge < -0.3 is 10.2 Å². The molecule has 0 radical (unpaired) electrons. The van der Waals surface area contributed by atoms with Crippen LogP contribution in [0.25, 0.3) is 0 Å². The lowest BCUT2D eigenvalue weighted by molar-refractivity contribution is 0.432. The Morgan fingerprint density at radius 1 is 1.24 bits per heavy atom. The van der Waals surface area contributed by atoms with Gasteiger partial charge in [0, 0.05) is 31.4 Å². The van der Waals surface area contributed by atoms with Crippen molar-refractivity contribution in [1.82, 2.24) is 10.3 Å². The van der Waals surface area contributed by atoms with Gasteiger partial charge in [-0.15, -0.1) is 0 Å². The average Bonchev–Trinajstić information content (AvgIpc) is 3.22. The van der Waals surface area contributed by atoms with Crippen molar-refractivity contribution in [2.24, 2.45) is 0 Å². The summed E-state index contributed by atoms with van der Waals surface area (Å²) < 4.78 is 0. The number of piperidine rings is 1. The molecule has 2 fully saturated rings. The fourth-order valence-electron chi connectivity index (χ4n) is 2.63. The first-order chi connectivity index (χ1) is 8.43. The molecule has 1 aromatic rings. The Kier molecular flexibility index (Phi) is 3.27. The number of rotatable bonds is 4. The van der Waals surface area contributed by atoms with Gasteiger partial charge in [-0.05, 0) is 44.2 Å². The molecule has 0 aromatic carbocycles. The number of nitrogens with one attached hydrogen (secondary N) is 1. The number of nitrogens with zero attached hydrogens (tertiary/aromatic N) is 2. The third-order valence-corrected chi connectivity index (χ3v) is 3.79. The van der Waals surface area contributed by atoms with Gasteiger partial charge in [0.15, 0.2) is 0 Å². The largest absolute Gasteiger partial charge is 0.352 e. The molecule has 1 aliphatic heterocycles. The van der Waals surface area contributed by atoms with E-state index in [9.17, 15) is 0 Å². The van der Waals surface area contributed by atoms with Crippen LogP contribution in [0.15, 0.2) is 24.4 Å². The molecule has 3 heteroatoms. The van der Waals surface area contributed by atoms with Gasteiger partial charge in [0.05, 0.1) is 0 Å². The molecule has 1 atom stereocenters. The topological polar surface area (TPSA) is 28.2 Å². The van der Waals surface area contributed by atoms with Crippen LogP contribution in [0.2, 0.25) is 0 Å². The van der Waals surface area contributed by atoms with Crippen molar-refractivity contribution < 1.29 is 0 Å². The van der Waals surface area contributed by atoms with Crippen LogP contribution in [0.1, 0.15) is 32.1 Å². The number of aromatic nitrogens is 1. The second-order valence-corrected chi connectivity index (χ2v) is 5.21. The highest BCUT2D eigenvalue weighted by Crippen LogP contribution is 2.24. The minimum Gasteiger partial charge on any atom is -0.352 e. The summed E-state index contributed by atoms with van der Waals surface area (Å²) in [6.07, 6.45) is 8.61. The molecule has 1 saturated carbocycles. The normalized spacial score (nSPS) is 24.9. The third kappa shape index (κ3) is 2.78. The lowest BCUT2D eigenvalue weighted by Gasteiger charge is -2.37. The van der Waals surface area contributed by atoms with E-state index in [2.05, 4.69) is 27.3 Å². The Hall–Kier alpha value is -1.09. The molecule has 3 rings (SSSR count). The van der Waals surface area contributed by atoms with Crippen LogP contribution in [-0.2, 0) is 0 Å². The van der Waals surface area contributed by atoms with Gasteiger partial charge in [-0.25, -0.2) is 4.98 Å². The van der Waals surface area contributed by atoms with Crippen LogP contribution in [0.4, 0.5) is 5.82 Å². The van der Waals surface area contributed by atoms with Gasteiger partial charge in [0.25, 0.3) is 0 Å². The Bertz CT molecular complexity index is 348. The Balaban J connectivity index is 1.66. The predicted molar refractivity (Wildman–Crippen MR) is 70.2 cm³/mol. The van der Waals surface area contributed by atoms with Crippen molar-refractivity contribution in [3.8, 4) is 0 Å². The fourth-order valence-corrected chi connectivity index (χ4v) is 2.63. The van der Waals surface area contributed by atoms with Crippen LogP contribution < -0.4 is 10.2 Å². The van der Waals surface area contributed by atoms with E-state index in [4.69, 9.17) is 0 Å². The highest BCUT2D eigenvalue weighted by Gasteiger charge is 2.26. The van der Waals surface area contributed by atoms with Crippen LogP contribution in [-0.4, -0.2) is 30.2 Å². The zero-order valence-corrected chi connectivity index (χ0v) is 10.3. The molecule has 0 amide bonds. The van der Waals surface area contributed by atoms with Crippen molar-refractivity contribution in [2.45, 2.75) is 44.2 Å². The molecule has 2 heterocycles. The van der Waals surface area contributed by atoms with Crippen molar-refractivity contribution in [2.75, 3.05) is 18.0 Å². The van der Waals surface area contributed by atoms with E-state index in [0.29, 0.717) is 6.04 Å². The van der Waals surface area contributed by atoms with Crippen LogP contribution in [0.3, 0.4) is 0 Å². The maximum Gasteiger partial charge on any atom is 0.128 e. The molecule has 1 saturated heterocycles. The van der Waals surface area contributed by atoms with Crippen molar-refractivity contribution in [1.29, 1.82) is 0 Å². The molecule has 0 spiro atoms. The van der Waals surface area contributed by atoms with E-state index in [-0.39, 0.29) is 0 Å². The summed E-state index contributed by atoms with van der Waals surface area (Å²) >= 11 is 0. The summed E-state index contributed by atoms with van der Waals surface area (Å²) in [5.41, 5.74) is 0. The zero-order valence-electron chi connectivity index (χ0n) is 10.3. The van der Waals surface area contributed by atoms with Gasteiger partial charge in [-0.2, -0.15) is 0 Å². The SMILES string of the molecule is c1ccc(N2CCCCC2CNC2CC2)nc1. The molecule has 0 bridgehead atoms. The first-order valence-corrected chi connectivity index (χ1v) is 6.84. The van der Waals surface area contributed by atoms with E-state index in [0.717, 1.165) is 24.9 Å². The fraction of sp³-hybridized carbons (Fsp3) is 0.643. The molecule has 17 heavy (non-hydrogen) atoms. The molecule has 1 aromatic heterocycles. The summed E-state index contributed by atoms with van der Waals surface area (Å²) in [6.45, 7) is 2.29. The highest BCUT2D eigenvalue weighted by atomic mass is 15.2. The second-order valence-electron chi connectivity index (χ2n) is 5.21. The van der Waals surface area contributed by atoms with E-state index in [1.807, 2.05) is 12.3 Å². The van der Waals surface area contributed by atoms with E-state index >= 15 is 0 Å².